The van der Waals surface area contributed by atoms with Crippen LogP contribution in [0, 0.1) is 5.92 Å². The lowest BCUT2D eigenvalue weighted by atomic mass is 9.85. The normalized spacial score (nSPS) is 28.5. The van der Waals surface area contributed by atoms with Gasteiger partial charge in [0.05, 0.1) is 6.26 Å². The first-order valence-electron chi connectivity index (χ1n) is 11.5. The van der Waals surface area contributed by atoms with Crippen LogP contribution in [0.1, 0.15) is 69.3 Å². The number of anilines is 1. The van der Waals surface area contributed by atoms with Crippen LogP contribution in [-0.4, -0.2) is 51.3 Å². The van der Waals surface area contributed by atoms with Gasteiger partial charge in [0, 0.05) is 30.9 Å². The Morgan fingerprint density at radius 3 is 2.45 bits per heavy atom. The molecule has 0 spiro atoms. The first kappa shape index (κ1) is 21.1. The van der Waals surface area contributed by atoms with Crippen molar-refractivity contribution in [2.75, 3.05) is 30.6 Å². The van der Waals surface area contributed by atoms with Crippen LogP contribution >= 0.6 is 0 Å². The Balaban J connectivity index is 1.28. The average molecular weight is 420 g/mol. The number of hydrogen-bond acceptors (Lipinski definition) is 4. The molecule has 1 aliphatic carbocycles. The Bertz CT molecular complexity index is 762. The molecular weight excluding hydrogens is 382 g/mol. The van der Waals surface area contributed by atoms with Crippen LogP contribution in [0.25, 0.3) is 0 Å². The third kappa shape index (κ3) is 5.74. The second-order valence-corrected chi connectivity index (χ2v) is 11.2. The number of hydrogen-bond donors (Lipinski definition) is 2. The van der Waals surface area contributed by atoms with Crippen molar-refractivity contribution in [1.82, 2.24) is 10.2 Å². The van der Waals surface area contributed by atoms with Crippen molar-refractivity contribution in [2.24, 2.45) is 5.92 Å². The van der Waals surface area contributed by atoms with Crippen molar-refractivity contribution in [3.8, 4) is 0 Å². The smallest absolute Gasteiger partial charge is 0.229 e. The van der Waals surface area contributed by atoms with E-state index in [0.717, 1.165) is 12.5 Å². The Kier molecular flexibility index (Phi) is 6.82. The van der Waals surface area contributed by atoms with Crippen LogP contribution < -0.4 is 10.0 Å². The summed E-state index contributed by atoms with van der Waals surface area (Å²) in [4.78, 5) is 2.75. The molecule has 2 N–H and O–H groups in total. The van der Waals surface area contributed by atoms with E-state index in [-0.39, 0.29) is 0 Å². The lowest BCUT2D eigenvalue weighted by Gasteiger charge is -2.39. The molecule has 2 aliphatic heterocycles. The van der Waals surface area contributed by atoms with Crippen LogP contribution in [0.2, 0.25) is 0 Å². The zero-order chi connectivity index (χ0) is 20.3. The molecule has 3 atom stereocenters. The summed E-state index contributed by atoms with van der Waals surface area (Å²) in [6, 6.07) is 9.38. The van der Waals surface area contributed by atoms with Crippen molar-refractivity contribution in [1.29, 1.82) is 0 Å². The second-order valence-electron chi connectivity index (χ2n) is 9.50. The average Bonchev–Trinajstić information content (AvgIpc) is 2.92. The molecule has 5 nitrogen and oxygen atoms in total. The standard InChI is InChI=1S/C23H37N3O2S/c1-29(27,28)25-21-9-5-8-19(14-21)20-15-22-10-11-23(16-20)26(22)13-12-24-17-18-6-3-2-4-7-18/h5,8-9,14,18,20,22-25H,2-4,6-7,10-13,15-17H2,1H3/t20-,22+,23-. The monoisotopic (exact) mass is 419 g/mol. The number of nitrogens with zero attached hydrogens (tertiary/aromatic N) is 1. The number of sulfonamides is 1. The van der Waals surface area contributed by atoms with Crippen LogP contribution in [0.3, 0.4) is 0 Å². The number of nitrogens with one attached hydrogen (secondary N) is 2. The van der Waals surface area contributed by atoms with Gasteiger partial charge in [-0.25, -0.2) is 8.42 Å². The van der Waals surface area contributed by atoms with E-state index in [0.29, 0.717) is 23.7 Å². The minimum atomic E-state index is -3.23. The fourth-order valence-electron chi connectivity index (χ4n) is 5.89. The Labute approximate surface area is 176 Å². The predicted molar refractivity (Wildman–Crippen MR) is 120 cm³/mol. The van der Waals surface area contributed by atoms with E-state index < -0.39 is 10.0 Å². The summed E-state index contributed by atoms with van der Waals surface area (Å²) in [6.07, 6.45) is 13.3. The molecule has 3 fully saturated rings. The van der Waals surface area contributed by atoms with Gasteiger partial charge in [0.25, 0.3) is 0 Å². The molecule has 29 heavy (non-hydrogen) atoms. The summed E-state index contributed by atoms with van der Waals surface area (Å²) >= 11 is 0. The van der Waals surface area contributed by atoms with Gasteiger partial charge in [-0.3, -0.25) is 9.62 Å². The summed E-state index contributed by atoms with van der Waals surface area (Å²) in [6.45, 7) is 3.48. The number of fused-ring (bicyclic) bond motifs is 2. The van der Waals surface area contributed by atoms with E-state index in [1.54, 1.807) is 0 Å². The molecule has 0 aromatic heterocycles. The van der Waals surface area contributed by atoms with E-state index in [1.165, 1.54) is 82.7 Å². The van der Waals surface area contributed by atoms with Crippen LogP contribution in [-0.2, 0) is 10.0 Å². The highest BCUT2D eigenvalue weighted by Crippen LogP contribution is 2.43. The zero-order valence-electron chi connectivity index (χ0n) is 17.8. The van der Waals surface area contributed by atoms with Crippen molar-refractivity contribution < 1.29 is 8.42 Å². The molecule has 3 aliphatic rings. The first-order valence-corrected chi connectivity index (χ1v) is 13.4. The van der Waals surface area contributed by atoms with Crippen molar-refractivity contribution in [3.63, 3.8) is 0 Å². The molecule has 0 amide bonds. The van der Waals surface area contributed by atoms with E-state index in [2.05, 4.69) is 21.0 Å². The maximum atomic E-state index is 11.5. The second kappa shape index (κ2) is 9.36. The Morgan fingerprint density at radius 1 is 1.03 bits per heavy atom. The minimum Gasteiger partial charge on any atom is -0.315 e. The first-order chi connectivity index (χ1) is 14.0. The maximum absolute atomic E-state index is 11.5. The third-order valence-electron chi connectivity index (χ3n) is 7.25. The highest BCUT2D eigenvalue weighted by molar-refractivity contribution is 7.92. The number of rotatable bonds is 8. The molecular formula is C23H37N3O2S. The summed E-state index contributed by atoms with van der Waals surface area (Å²) in [7, 11) is -3.23. The molecule has 6 heteroatoms. The largest absolute Gasteiger partial charge is 0.315 e. The fourth-order valence-corrected chi connectivity index (χ4v) is 6.44. The van der Waals surface area contributed by atoms with Gasteiger partial charge in [0.1, 0.15) is 0 Å². The molecule has 4 rings (SSSR count). The van der Waals surface area contributed by atoms with Crippen LogP contribution in [0.15, 0.2) is 24.3 Å². The zero-order valence-corrected chi connectivity index (χ0v) is 18.6. The molecule has 162 valence electrons. The van der Waals surface area contributed by atoms with Gasteiger partial charge < -0.3 is 5.32 Å². The summed E-state index contributed by atoms with van der Waals surface area (Å²) in [5, 5.41) is 3.74. The topological polar surface area (TPSA) is 61.4 Å². The van der Waals surface area contributed by atoms with E-state index in [4.69, 9.17) is 0 Å². The van der Waals surface area contributed by atoms with Gasteiger partial charge in [0.15, 0.2) is 0 Å². The lowest BCUT2D eigenvalue weighted by Crippen LogP contribution is -2.45. The molecule has 0 radical (unpaired) electrons. The van der Waals surface area contributed by atoms with Gasteiger partial charge in [-0.15, -0.1) is 0 Å². The molecule has 1 saturated carbocycles. The lowest BCUT2D eigenvalue weighted by molar-refractivity contribution is 0.127. The molecule has 2 heterocycles. The van der Waals surface area contributed by atoms with Gasteiger partial charge in [0.2, 0.25) is 10.0 Å². The number of benzene rings is 1. The quantitative estimate of drug-likeness (QED) is 0.627. The number of piperidine rings is 1. The van der Waals surface area contributed by atoms with E-state index in [9.17, 15) is 8.42 Å². The molecule has 0 unspecified atom stereocenters. The molecule has 2 bridgehead atoms. The maximum Gasteiger partial charge on any atom is 0.229 e. The fraction of sp³-hybridized carbons (Fsp3) is 0.739. The summed E-state index contributed by atoms with van der Waals surface area (Å²) in [5.74, 6) is 1.44. The SMILES string of the molecule is CS(=O)(=O)Nc1cccc([C@H]2C[C@H]3CC[C@@H](C2)N3CCNCC2CCCCC2)c1. The molecule has 1 aromatic carbocycles. The summed E-state index contributed by atoms with van der Waals surface area (Å²) < 4.78 is 25.7. The van der Waals surface area contributed by atoms with E-state index >= 15 is 0 Å². The van der Waals surface area contributed by atoms with Gasteiger partial charge >= 0.3 is 0 Å². The Hall–Kier alpha value is -1.11. The van der Waals surface area contributed by atoms with Gasteiger partial charge in [-0.2, -0.15) is 0 Å². The predicted octanol–water partition coefficient (Wildman–Crippen LogP) is 3.94. The van der Waals surface area contributed by atoms with Gasteiger partial charge in [-0.05, 0) is 74.6 Å². The third-order valence-corrected chi connectivity index (χ3v) is 7.86. The summed E-state index contributed by atoms with van der Waals surface area (Å²) in [5.41, 5.74) is 1.97. The van der Waals surface area contributed by atoms with Crippen molar-refractivity contribution in [3.05, 3.63) is 29.8 Å². The van der Waals surface area contributed by atoms with Gasteiger partial charge in [-0.1, -0.05) is 31.4 Å². The Morgan fingerprint density at radius 2 is 1.76 bits per heavy atom. The van der Waals surface area contributed by atoms with Crippen molar-refractivity contribution in [2.45, 2.75) is 75.8 Å². The minimum absolute atomic E-state index is 0.542. The molecule has 1 aromatic rings. The van der Waals surface area contributed by atoms with E-state index in [1.807, 2.05) is 18.2 Å². The molecule has 2 saturated heterocycles. The highest BCUT2D eigenvalue weighted by Gasteiger charge is 2.40. The van der Waals surface area contributed by atoms with Crippen LogP contribution in [0.5, 0.6) is 0 Å². The highest BCUT2D eigenvalue weighted by atomic mass is 32.2. The van der Waals surface area contributed by atoms with Crippen LogP contribution in [0.4, 0.5) is 5.69 Å². The van der Waals surface area contributed by atoms with Crippen molar-refractivity contribution >= 4 is 15.7 Å².